The Balaban J connectivity index is 2.18. The molecule has 0 aromatic heterocycles. The third-order valence-corrected chi connectivity index (χ3v) is 3.81. The minimum atomic E-state index is -0.506. The lowest BCUT2D eigenvalue weighted by molar-refractivity contribution is -0.148. The number of carbonyl (C=O) groups is 3. The number of esters is 1. The number of carbonyl (C=O) groups excluding carboxylic acids is 3. The molecule has 7 heteroatoms. The molecule has 150 valence electrons. The fourth-order valence-corrected chi connectivity index (χ4v) is 2.06. The molecule has 1 aromatic rings. The largest absolute Gasteiger partial charge is 0.494 e. The van der Waals surface area contributed by atoms with Gasteiger partial charge in [0.05, 0.1) is 13.2 Å². The van der Waals surface area contributed by atoms with Crippen LogP contribution >= 0.6 is 0 Å². The van der Waals surface area contributed by atoms with Gasteiger partial charge in [-0.2, -0.15) is 0 Å². The molecule has 0 spiro atoms. The Labute approximate surface area is 161 Å². The number of amides is 2. The maximum atomic E-state index is 11.6. The van der Waals surface area contributed by atoms with E-state index in [1.807, 2.05) is 24.3 Å². The number of likely N-dealkylation sites (N-methyl/N-ethyl adjacent to an activating group) is 1. The van der Waals surface area contributed by atoms with E-state index in [1.54, 1.807) is 14.1 Å². The van der Waals surface area contributed by atoms with E-state index in [1.165, 1.54) is 10.5 Å². The normalized spacial score (nSPS) is 10.9. The Bertz CT molecular complexity index is 633. The van der Waals surface area contributed by atoms with E-state index in [2.05, 4.69) is 26.1 Å². The zero-order valence-electron chi connectivity index (χ0n) is 16.8. The minimum Gasteiger partial charge on any atom is -0.494 e. The molecule has 27 heavy (non-hydrogen) atoms. The Morgan fingerprint density at radius 3 is 2.26 bits per heavy atom. The Morgan fingerprint density at radius 1 is 1.07 bits per heavy atom. The van der Waals surface area contributed by atoms with Crippen molar-refractivity contribution in [3.63, 3.8) is 0 Å². The third kappa shape index (κ3) is 9.08. The first-order valence-corrected chi connectivity index (χ1v) is 8.95. The maximum absolute atomic E-state index is 11.6. The second-order valence-electron chi connectivity index (χ2n) is 7.45. The van der Waals surface area contributed by atoms with E-state index in [9.17, 15) is 14.4 Å². The molecule has 0 bridgehead atoms. The first-order valence-electron chi connectivity index (χ1n) is 8.95. The molecule has 0 aliphatic rings. The number of hydrogen-bond acceptors (Lipinski definition) is 5. The van der Waals surface area contributed by atoms with Crippen LogP contribution in [0.3, 0.4) is 0 Å². The molecule has 0 fully saturated rings. The van der Waals surface area contributed by atoms with Gasteiger partial charge in [-0.3, -0.25) is 14.4 Å². The first-order chi connectivity index (χ1) is 12.6. The van der Waals surface area contributed by atoms with Gasteiger partial charge in [-0.15, -0.1) is 0 Å². The van der Waals surface area contributed by atoms with Crippen molar-refractivity contribution in [2.75, 3.05) is 33.9 Å². The summed E-state index contributed by atoms with van der Waals surface area (Å²) in [5.41, 5.74) is 1.32. The average Bonchev–Trinajstić information content (AvgIpc) is 2.61. The summed E-state index contributed by atoms with van der Waals surface area (Å²) >= 11 is 0. The molecule has 0 atom stereocenters. The molecule has 0 saturated heterocycles. The standard InChI is InChI=1S/C20H30N2O5/c1-20(2,3)15-8-10-16(11-9-15)26-12-6-7-19(25)27-14-17(23)21-13-18(24)22(4)5/h8-11H,6-7,12-14H2,1-5H3,(H,21,23). The van der Waals surface area contributed by atoms with Crippen LogP contribution in [-0.2, 0) is 24.5 Å². The quantitative estimate of drug-likeness (QED) is 0.524. The topological polar surface area (TPSA) is 84.9 Å². The van der Waals surface area contributed by atoms with Crippen LogP contribution in [0.25, 0.3) is 0 Å². The van der Waals surface area contributed by atoms with Crippen molar-refractivity contribution in [1.82, 2.24) is 10.2 Å². The second kappa shape index (κ2) is 10.5. The zero-order valence-corrected chi connectivity index (χ0v) is 16.8. The van der Waals surface area contributed by atoms with Gasteiger partial charge in [-0.05, 0) is 29.5 Å². The van der Waals surface area contributed by atoms with Gasteiger partial charge in [0, 0.05) is 20.5 Å². The van der Waals surface area contributed by atoms with Crippen molar-refractivity contribution in [2.45, 2.75) is 39.0 Å². The summed E-state index contributed by atoms with van der Waals surface area (Å²) in [4.78, 5) is 35.8. The summed E-state index contributed by atoms with van der Waals surface area (Å²) in [6.45, 7) is 6.31. The Hall–Kier alpha value is -2.57. The number of nitrogens with zero attached hydrogens (tertiary/aromatic N) is 1. The number of hydrogen-bond donors (Lipinski definition) is 1. The van der Waals surface area contributed by atoms with Crippen molar-refractivity contribution in [3.05, 3.63) is 29.8 Å². The van der Waals surface area contributed by atoms with Gasteiger partial charge in [0.1, 0.15) is 5.75 Å². The molecule has 1 N–H and O–H groups in total. The average molecular weight is 378 g/mol. The predicted molar refractivity (Wildman–Crippen MR) is 103 cm³/mol. The molecule has 0 radical (unpaired) electrons. The SMILES string of the molecule is CN(C)C(=O)CNC(=O)COC(=O)CCCOc1ccc(C(C)(C)C)cc1. The lowest BCUT2D eigenvalue weighted by Crippen LogP contribution is -2.38. The van der Waals surface area contributed by atoms with E-state index in [0.717, 1.165) is 5.75 Å². The van der Waals surface area contributed by atoms with Gasteiger partial charge in [-0.1, -0.05) is 32.9 Å². The predicted octanol–water partition coefficient (Wildman–Crippen LogP) is 1.89. The van der Waals surface area contributed by atoms with Crippen molar-refractivity contribution in [1.29, 1.82) is 0 Å². The highest BCUT2D eigenvalue weighted by molar-refractivity contribution is 5.86. The van der Waals surface area contributed by atoms with Gasteiger partial charge >= 0.3 is 5.97 Å². The molecule has 7 nitrogen and oxygen atoms in total. The van der Waals surface area contributed by atoms with Crippen LogP contribution < -0.4 is 10.1 Å². The second-order valence-corrected chi connectivity index (χ2v) is 7.45. The van der Waals surface area contributed by atoms with E-state index < -0.39 is 18.5 Å². The van der Waals surface area contributed by atoms with Gasteiger partial charge in [0.25, 0.3) is 5.91 Å². The fraction of sp³-hybridized carbons (Fsp3) is 0.550. The number of rotatable bonds is 9. The summed E-state index contributed by atoms with van der Waals surface area (Å²) in [5, 5.41) is 2.39. The van der Waals surface area contributed by atoms with Gasteiger partial charge in [0.15, 0.2) is 6.61 Å². The van der Waals surface area contributed by atoms with Crippen LogP contribution in [0.1, 0.15) is 39.2 Å². The van der Waals surface area contributed by atoms with Crippen molar-refractivity contribution >= 4 is 17.8 Å². The highest BCUT2D eigenvalue weighted by Gasteiger charge is 2.13. The highest BCUT2D eigenvalue weighted by Crippen LogP contribution is 2.24. The van der Waals surface area contributed by atoms with E-state index in [4.69, 9.17) is 9.47 Å². The lowest BCUT2D eigenvalue weighted by Gasteiger charge is -2.19. The van der Waals surface area contributed by atoms with Crippen molar-refractivity contribution in [3.8, 4) is 5.75 Å². The van der Waals surface area contributed by atoms with Crippen LogP contribution in [0.2, 0.25) is 0 Å². The molecule has 1 rings (SSSR count). The molecular formula is C20H30N2O5. The van der Waals surface area contributed by atoms with E-state index in [0.29, 0.717) is 13.0 Å². The van der Waals surface area contributed by atoms with Crippen LogP contribution in [0, 0.1) is 0 Å². The molecule has 0 unspecified atom stereocenters. The van der Waals surface area contributed by atoms with Crippen LogP contribution in [0.15, 0.2) is 24.3 Å². The van der Waals surface area contributed by atoms with Crippen LogP contribution in [0.5, 0.6) is 5.75 Å². The van der Waals surface area contributed by atoms with Gasteiger partial charge in [-0.25, -0.2) is 0 Å². The zero-order chi connectivity index (χ0) is 20.4. The summed E-state index contributed by atoms with van der Waals surface area (Å²) in [7, 11) is 3.19. The smallest absolute Gasteiger partial charge is 0.306 e. The number of nitrogens with one attached hydrogen (secondary N) is 1. The summed E-state index contributed by atoms with van der Waals surface area (Å²) < 4.78 is 10.5. The summed E-state index contributed by atoms with van der Waals surface area (Å²) in [6, 6.07) is 7.89. The lowest BCUT2D eigenvalue weighted by atomic mass is 9.87. The summed E-state index contributed by atoms with van der Waals surface area (Å²) in [6.07, 6.45) is 0.643. The molecule has 1 aromatic carbocycles. The maximum Gasteiger partial charge on any atom is 0.306 e. The molecule has 0 aliphatic heterocycles. The monoisotopic (exact) mass is 378 g/mol. The highest BCUT2D eigenvalue weighted by atomic mass is 16.5. The molecule has 0 aliphatic carbocycles. The number of ether oxygens (including phenoxy) is 2. The van der Waals surface area contributed by atoms with E-state index in [-0.39, 0.29) is 24.3 Å². The van der Waals surface area contributed by atoms with Crippen LogP contribution in [0.4, 0.5) is 0 Å². The molecule has 0 saturated carbocycles. The number of benzene rings is 1. The molecular weight excluding hydrogens is 348 g/mol. The van der Waals surface area contributed by atoms with E-state index >= 15 is 0 Å². The Kier molecular flexibility index (Phi) is 8.78. The molecule has 0 heterocycles. The summed E-state index contributed by atoms with van der Waals surface area (Å²) in [5.74, 6) is -0.465. The first kappa shape index (κ1) is 22.5. The van der Waals surface area contributed by atoms with Gasteiger partial charge in [0.2, 0.25) is 5.91 Å². The fourth-order valence-electron chi connectivity index (χ4n) is 2.06. The minimum absolute atomic E-state index is 0.0916. The molecule has 2 amide bonds. The Morgan fingerprint density at radius 2 is 1.70 bits per heavy atom. The third-order valence-electron chi connectivity index (χ3n) is 3.81. The van der Waals surface area contributed by atoms with Crippen LogP contribution in [-0.4, -0.2) is 56.5 Å². The van der Waals surface area contributed by atoms with Crippen molar-refractivity contribution in [2.24, 2.45) is 0 Å². The van der Waals surface area contributed by atoms with Crippen molar-refractivity contribution < 1.29 is 23.9 Å². The van der Waals surface area contributed by atoms with Gasteiger partial charge < -0.3 is 19.7 Å².